The molecule has 9 heteroatoms. The van der Waals surface area contributed by atoms with E-state index in [0.717, 1.165) is 37.6 Å². The summed E-state index contributed by atoms with van der Waals surface area (Å²) in [6.07, 6.45) is 0. The van der Waals surface area contributed by atoms with E-state index in [-0.39, 0.29) is 6.04 Å². The van der Waals surface area contributed by atoms with Gasteiger partial charge in [0.2, 0.25) is 5.82 Å². The van der Waals surface area contributed by atoms with Crippen LogP contribution in [0.1, 0.15) is 22.3 Å². The third-order valence-electron chi connectivity index (χ3n) is 6.38. The van der Waals surface area contributed by atoms with E-state index in [9.17, 15) is 0 Å². The normalized spacial score (nSPS) is 15.3. The maximum absolute atomic E-state index is 5.62. The van der Waals surface area contributed by atoms with Crippen molar-refractivity contribution in [3.05, 3.63) is 82.3 Å². The summed E-state index contributed by atoms with van der Waals surface area (Å²) in [5.41, 5.74) is 2.38. The Balaban J connectivity index is 1.47. The Bertz CT molecular complexity index is 1190. The number of quaternary nitrogens is 1. The fourth-order valence-corrected chi connectivity index (χ4v) is 5.35. The summed E-state index contributed by atoms with van der Waals surface area (Å²) in [4.78, 5) is 5.11. The van der Waals surface area contributed by atoms with Gasteiger partial charge in [0.15, 0.2) is 17.5 Å². The van der Waals surface area contributed by atoms with Crippen molar-refractivity contribution >= 4 is 17.0 Å². The molecule has 5 rings (SSSR count). The molecule has 1 aliphatic heterocycles. The van der Waals surface area contributed by atoms with E-state index in [2.05, 4.69) is 80.4 Å². The smallest absolute Gasteiger partial charge is 0.214 e. The number of hydrogen-bond acceptors (Lipinski definition) is 7. The predicted molar refractivity (Wildman–Crippen MR) is 132 cm³/mol. The zero-order valence-corrected chi connectivity index (χ0v) is 20.2. The largest absolute Gasteiger partial charge is 0.493 e. The lowest BCUT2D eigenvalue weighted by atomic mass is 10.0. The van der Waals surface area contributed by atoms with E-state index in [4.69, 9.17) is 9.47 Å². The zero-order chi connectivity index (χ0) is 23.3. The average molecular weight is 478 g/mol. The summed E-state index contributed by atoms with van der Waals surface area (Å²) in [6.45, 7) is 4.54. The number of hydrogen-bond donors (Lipinski definition) is 1. The molecule has 0 aliphatic carbocycles. The molecule has 2 aromatic carbocycles. The van der Waals surface area contributed by atoms with Crippen molar-refractivity contribution in [2.24, 2.45) is 0 Å². The Kier molecular flexibility index (Phi) is 6.73. The number of nitrogens with one attached hydrogen (secondary N) is 1. The first-order chi connectivity index (χ1) is 16.8. The molecule has 1 aliphatic rings. The number of methoxy groups -OCH3 is 2. The van der Waals surface area contributed by atoms with Gasteiger partial charge in [-0.05, 0) is 52.2 Å². The number of nitrogens with zero attached hydrogens (tertiary/aromatic N) is 5. The molecule has 176 valence electrons. The minimum Gasteiger partial charge on any atom is -0.493 e. The van der Waals surface area contributed by atoms with Crippen LogP contribution in [-0.2, 0) is 6.54 Å². The maximum Gasteiger partial charge on any atom is 0.214 e. The standard InChI is InChI=1S/C25H28N6O2S/c1-32-22-11-10-19(17-23(22)33-2)24(25-26-27-28-31(25)18-21-9-6-16-34-21)30-14-12-29(13-15-30)20-7-4-3-5-8-20/h3-11,16-17,24H,12-15,18H2,1-2H3/p+1/t24-/m0/s1. The Labute approximate surface area is 203 Å². The third kappa shape index (κ3) is 4.62. The number of aromatic nitrogens is 4. The lowest BCUT2D eigenvalue weighted by molar-refractivity contribution is -0.927. The van der Waals surface area contributed by atoms with Gasteiger partial charge >= 0.3 is 0 Å². The second-order valence-corrected chi connectivity index (χ2v) is 9.33. The van der Waals surface area contributed by atoms with Gasteiger partial charge < -0.3 is 19.3 Å². The van der Waals surface area contributed by atoms with E-state index >= 15 is 0 Å². The molecule has 8 nitrogen and oxygen atoms in total. The first-order valence-electron chi connectivity index (χ1n) is 11.4. The Morgan fingerprint density at radius 2 is 1.76 bits per heavy atom. The molecule has 0 bridgehead atoms. The molecule has 4 aromatic rings. The minimum atomic E-state index is -0.0207. The van der Waals surface area contributed by atoms with Gasteiger partial charge in [0.05, 0.1) is 46.9 Å². The van der Waals surface area contributed by atoms with Crippen molar-refractivity contribution in [1.82, 2.24) is 20.2 Å². The molecule has 0 spiro atoms. The van der Waals surface area contributed by atoms with Gasteiger partial charge in [-0.25, -0.2) is 4.68 Å². The number of rotatable bonds is 8. The highest BCUT2D eigenvalue weighted by molar-refractivity contribution is 7.09. The third-order valence-corrected chi connectivity index (χ3v) is 7.24. The summed E-state index contributed by atoms with van der Waals surface area (Å²) in [6, 6.07) is 20.9. The quantitative estimate of drug-likeness (QED) is 0.420. The summed E-state index contributed by atoms with van der Waals surface area (Å²) < 4.78 is 13.0. The SMILES string of the molecule is COc1ccc([C@@H](c2nnnn2Cc2cccs2)[NH+]2CCN(c3ccccc3)CC2)cc1OC. The van der Waals surface area contributed by atoms with E-state index < -0.39 is 0 Å². The van der Waals surface area contributed by atoms with Gasteiger partial charge in [-0.3, -0.25) is 0 Å². The molecular weight excluding hydrogens is 448 g/mol. The first-order valence-corrected chi connectivity index (χ1v) is 12.3. The molecule has 1 N–H and O–H groups in total. The summed E-state index contributed by atoms with van der Waals surface area (Å²) in [5, 5.41) is 15.0. The highest BCUT2D eigenvalue weighted by Gasteiger charge is 2.35. The van der Waals surface area contributed by atoms with Gasteiger partial charge in [0.25, 0.3) is 0 Å². The van der Waals surface area contributed by atoms with Gasteiger partial charge in [-0.2, -0.15) is 0 Å². The minimum absolute atomic E-state index is 0.0207. The Morgan fingerprint density at radius 3 is 2.47 bits per heavy atom. The van der Waals surface area contributed by atoms with Crippen LogP contribution < -0.4 is 19.3 Å². The number of piperazine rings is 1. The van der Waals surface area contributed by atoms with Crippen LogP contribution in [0, 0.1) is 0 Å². The topological polar surface area (TPSA) is 69.7 Å². The molecule has 1 saturated heterocycles. The second kappa shape index (κ2) is 10.2. The van der Waals surface area contributed by atoms with E-state index in [0.29, 0.717) is 18.0 Å². The lowest BCUT2D eigenvalue weighted by Gasteiger charge is -2.37. The molecule has 1 atom stereocenters. The number of tetrazole rings is 1. The van der Waals surface area contributed by atoms with Crippen molar-refractivity contribution in [2.75, 3.05) is 45.3 Å². The second-order valence-electron chi connectivity index (χ2n) is 8.30. The predicted octanol–water partition coefficient (Wildman–Crippen LogP) is 2.29. The van der Waals surface area contributed by atoms with Crippen molar-refractivity contribution in [3.63, 3.8) is 0 Å². The summed E-state index contributed by atoms with van der Waals surface area (Å²) >= 11 is 1.72. The number of para-hydroxylation sites is 1. The molecule has 0 saturated carbocycles. The van der Waals surface area contributed by atoms with Gasteiger partial charge in [-0.1, -0.05) is 24.3 Å². The molecule has 3 heterocycles. The van der Waals surface area contributed by atoms with Crippen LogP contribution in [0.15, 0.2) is 66.0 Å². The van der Waals surface area contributed by atoms with Crippen molar-refractivity contribution < 1.29 is 14.4 Å². The highest BCUT2D eigenvalue weighted by atomic mass is 32.1. The monoisotopic (exact) mass is 477 g/mol. The highest BCUT2D eigenvalue weighted by Crippen LogP contribution is 2.31. The van der Waals surface area contributed by atoms with Crippen molar-refractivity contribution in [3.8, 4) is 11.5 Å². The molecule has 1 fully saturated rings. The van der Waals surface area contributed by atoms with Crippen LogP contribution in [0.2, 0.25) is 0 Å². The van der Waals surface area contributed by atoms with Gasteiger partial charge in [0.1, 0.15) is 0 Å². The number of ether oxygens (including phenoxy) is 2. The van der Waals surface area contributed by atoms with Crippen LogP contribution in [0.4, 0.5) is 5.69 Å². The molecule has 0 amide bonds. The fraction of sp³-hybridized carbons (Fsp3) is 0.320. The molecule has 34 heavy (non-hydrogen) atoms. The van der Waals surface area contributed by atoms with Crippen molar-refractivity contribution in [1.29, 1.82) is 0 Å². The number of thiophene rings is 1. The molecular formula is C25H29N6O2S+. The van der Waals surface area contributed by atoms with Crippen LogP contribution in [-0.4, -0.2) is 60.6 Å². The number of anilines is 1. The fourth-order valence-electron chi connectivity index (χ4n) is 4.66. The van der Waals surface area contributed by atoms with Crippen LogP contribution >= 0.6 is 11.3 Å². The summed E-state index contributed by atoms with van der Waals surface area (Å²) in [5.74, 6) is 2.29. The molecule has 0 unspecified atom stereocenters. The Hall–Kier alpha value is -3.43. The van der Waals surface area contributed by atoms with Gasteiger partial charge in [-0.15, -0.1) is 16.4 Å². The van der Waals surface area contributed by atoms with Crippen LogP contribution in [0.25, 0.3) is 0 Å². The lowest BCUT2D eigenvalue weighted by Crippen LogP contribution is -3.15. The van der Waals surface area contributed by atoms with E-state index in [1.807, 2.05) is 10.7 Å². The molecule has 0 radical (unpaired) electrons. The van der Waals surface area contributed by atoms with Gasteiger partial charge in [0, 0.05) is 16.1 Å². The average Bonchev–Trinajstić information content (AvgIpc) is 3.58. The zero-order valence-electron chi connectivity index (χ0n) is 19.4. The van der Waals surface area contributed by atoms with Crippen LogP contribution in [0.3, 0.4) is 0 Å². The Morgan fingerprint density at radius 1 is 0.971 bits per heavy atom. The number of benzene rings is 2. The van der Waals surface area contributed by atoms with Crippen molar-refractivity contribution in [2.45, 2.75) is 12.6 Å². The maximum atomic E-state index is 5.62. The first kappa shape index (κ1) is 22.4. The van der Waals surface area contributed by atoms with E-state index in [1.54, 1.807) is 25.6 Å². The summed E-state index contributed by atoms with van der Waals surface area (Å²) in [7, 11) is 3.33. The molecule has 2 aromatic heterocycles. The van der Waals surface area contributed by atoms with Crippen LogP contribution in [0.5, 0.6) is 11.5 Å². The van der Waals surface area contributed by atoms with E-state index in [1.165, 1.54) is 15.5 Å².